The molecular formula is C18H19FN2O3S. The van der Waals surface area contributed by atoms with Crippen molar-refractivity contribution in [3.63, 3.8) is 0 Å². The van der Waals surface area contributed by atoms with Crippen molar-refractivity contribution in [1.29, 1.82) is 0 Å². The van der Waals surface area contributed by atoms with Crippen LogP contribution in [-0.4, -0.2) is 36.5 Å². The van der Waals surface area contributed by atoms with E-state index < -0.39 is 5.97 Å². The third kappa shape index (κ3) is 4.43. The van der Waals surface area contributed by atoms with Crippen LogP contribution in [0.4, 0.5) is 10.1 Å². The number of nitrogens with one attached hydrogen (secondary N) is 1. The van der Waals surface area contributed by atoms with Crippen molar-refractivity contribution in [1.82, 2.24) is 4.90 Å². The van der Waals surface area contributed by atoms with Crippen LogP contribution < -0.4 is 5.32 Å². The predicted octanol–water partition coefficient (Wildman–Crippen LogP) is 3.28. The molecule has 5 nitrogen and oxygen atoms in total. The summed E-state index contributed by atoms with van der Waals surface area (Å²) in [7, 11) is 1.30. The van der Waals surface area contributed by atoms with Gasteiger partial charge in [0.05, 0.1) is 19.3 Å². The summed E-state index contributed by atoms with van der Waals surface area (Å²) in [4.78, 5) is 26.4. The fraction of sp³-hybridized carbons (Fsp3) is 0.333. The van der Waals surface area contributed by atoms with Crippen molar-refractivity contribution >= 4 is 28.9 Å². The van der Waals surface area contributed by atoms with E-state index in [1.807, 2.05) is 4.90 Å². The molecule has 1 aromatic carbocycles. The van der Waals surface area contributed by atoms with Gasteiger partial charge in [-0.05, 0) is 30.4 Å². The lowest BCUT2D eigenvalue weighted by Crippen LogP contribution is -2.34. The van der Waals surface area contributed by atoms with Crippen LogP contribution >= 0.6 is 11.3 Å². The van der Waals surface area contributed by atoms with E-state index in [-0.39, 0.29) is 18.3 Å². The highest BCUT2D eigenvalue weighted by atomic mass is 32.1. The van der Waals surface area contributed by atoms with Gasteiger partial charge in [0.25, 0.3) is 0 Å². The van der Waals surface area contributed by atoms with E-state index in [1.54, 1.807) is 29.6 Å². The molecule has 0 atom stereocenters. The van der Waals surface area contributed by atoms with E-state index in [4.69, 9.17) is 4.74 Å². The normalized spacial score (nSPS) is 13.7. The van der Waals surface area contributed by atoms with Gasteiger partial charge in [0.2, 0.25) is 5.91 Å². The van der Waals surface area contributed by atoms with Gasteiger partial charge in [0.1, 0.15) is 10.7 Å². The lowest BCUT2D eigenvalue weighted by atomic mass is 10.2. The Hall–Kier alpha value is -2.25. The van der Waals surface area contributed by atoms with E-state index in [9.17, 15) is 14.0 Å². The summed E-state index contributed by atoms with van der Waals surface area (Å²) in [5, 5.41) is 4.48. The molecule has 1 aromatic heterocycles. The molecule has 0 unspecified atom stereocenters. The van der Waals surface area contributed by atoms with Crippen LogP contribution in [0.3, 0.4) is 0 Å². The summed E-state index contributed by atoms with van der Waals surface area (Å²) in [5.41, 5.74) is 1.02. The number of hydrogen-bond donors (Lipinski definition) is 1. The predicted molar refractivity (Wildman–Crippen MR) is 94.1 cm³/mol. The van der Waals surface area contributed by atoms with Gasteiger partial charge in [-0.1, -0.05) is 18.2 Å². The summed E-state index contributed by atoms with van der Waals surface area (Å²) < 4.78 is 18.6. The first-order chi connectivity index (χ1) is 12.1. The van der Waals surface area contributed by atoms with E-state index >= 15 is 0 Å². The molecule has 0 aliphatic heterocycles. The van der Waals surface area contributed by atoms with Gasteiger partial charge in [0, 0.05) is 18.2 Å². The quantitative estimate of drug-likeness (QED) is 0.768. The second-order valence-electron chi connectivity index (χ2n) is 5.93. The highest BCUT2D eigenvalue weighted by molar-refractivity contribution is 7.12. The number of rotatable bonds is 7. The van der Waals surface area contributed by atoms with Crippen LogP contribution in [0.15, 0.2) is 35.7 Å². The minimum absolute atomic E-state index is 0.148. The van der Waals surface area contributed by atoms with E-state index in [1.165, 1.54) is 24.5 Å². The Morgan fingerprint density at radius 1 is 1.32 bits per heavy atom. The van der Waals surface area contributed by atoms with Crippen molar-refractivity contribution in [2.45, 2.75) is 25.4 Å². The zero-order chi connectivity index (χ0) is 17.8. The van der Waals surface area contributed by atoms with Gasteiger partial charge in [-0.3, -0.25) is 9.69 Å². The summed E-state index contributed by atoms with van der Waals surface area (Å²) in [6.45, 7) is 0.535. The maximum Gasteiger partial charge on any atom is 0.350 e. The molecule has 1 N–H and O–H groups in total. The Morgan fingerprint density at radius 3 is 2.76 bits per heavy atom. The first kappa shape index (κ1) is 17.6. The largest absolute Gasteiger partial charge is 0.465 e. The topological polar surface area (TPSA) is 58.6 Å². The molecule has 0 spiro atoms. The molecule has 0 bridgehead atoms. The van der Waals surface area contributed by atoms with Crippen LogP contribution in [0.5, 0.6) is 0 Å². The molecular weight excluding hydrogens is 343 g/mol. The number of carbonyl (C=O) groups is 2. The van der Waals surface area contributed by atoms with Gasteiger partial charge in [-0.25, -0.2) is 9.18 Å². The Kier molecular flexibility index (Phi) is 5.45. The SMILES string of the molecule is COC(=O)c1sccc1NC(=O)CN(Cc1ccccc1F)C1CC1. The summed E-state index contributed by atoms with van der Waals surface area (Å²) >= 11 is 1.21. The first-order valence-electron chi connectivity index (χ1n) is 8.01. The maximum absolute atomic E-state index is 13.9. The molecule has 1 aliphatic rings. The Labute approximate surface area is 149 Å². The van der Waals surface area contributed by atoms with E-state index in [0.29, 0.717) is 28.7 Å². The highest BCUT2D eigenvalue weighted by Gasteiger charge is 2.31. The third-order valence-electron chi connectivity index (χ3n) is 4.05. The van der Waals surface area contributed by atoms with E-state index in [0.717, 1.165) is 12.8 Å². The molecule has 25 heavy (non-hydrogen) atoms. The molecule has 1 amide bonds. The molecule has 2 aromatic rings. The Morgan fingerprint density at radius 2 is 2.08 bits per heavy atom. The average Bonchev–Trinajstić information content (AvgIpc) is 3.35. The fourth-order valence-corrected chi connectivity index (χ4v) is 3.40. The molecule has 7 heteroatoms. The number of thiophene rings is 1. The van der Waals surface area contributed by atoms with Crippen LogP contribution in [0.2, 0.25) is 0 Å². The maximum atomic E-state index is 13.9. The van der Waals surface area contributed by atoms with Gasteiger partial charge < -0.3 is 10.1 Å². The average molecular weight is 362 g/mol. The van der Waals surface area contributed by atoms with Gasteiger partial charge in [-0.2, -0.15) is 0 Å². The molecule has 0 saturated heterocycles. The van der Waals surface area contributed by atoms with Crippen molar-refractivity contribution in [3.05, 3.63) is 52.0 Å². The molecule has 132 valence electrons. The first-order valence-corrected chi connectivity index (χ1v) is 8.89. The third-order valence-corrected chi connectivity index (χ3v) is 4.95. The van der Waals surface area contributed by atoms with Gasteiger partial charge in [-0.15, -0.1) is 11.3 Å². The molecule has 1 saturated carbocycles. The number of carbonyl (C=O) groups excluding carboxylic acids is 2. The standard InChI is InChI=1S/C18H19FN2O3S/c1-24-18(23)17-15(8-9-25-17)20-16(22)11-21(13-6-7-13)10-12-4-2-3-5-14(12)19/h2-5,8-9,13H,6-7,10-11H2,1H3,(H,20,22). The minimum atomic E-state index is -0.476. The van der Waals surface area contributed by atoms with Crippen LogP contribution in [-0.2, 0) is 16.1 Å². The summed E-state index contributed by atoms with van der Waals surface area (Å²) in [6.07, 6.45) is 2.02. The van der Waals surface area contributed by atoms with Gasteiger partial charge in [0.15, 0.2) is 0 Å². The Bertz CT molecular complexity index is 773. The molecule has 1 fully saturated rings. The molecule has 3 rings (SSSR count). The smallest absolute Gasteiger partial charge is 0.350 e. The van der Waals surface area contributed by atoms with Crippen molar-refractivity contribution in [3.8, 4) is 0 Å². The van der Waals surface area contributed by atoms with Crippen LogP contribution in [0, 0.1) is 5.82 Å². The van der Waals surface area contributed by atoms with Gasteiger partial charge >= 0.3 is 5.97 Å². The minimum Gasteiger partial charge on any atom is -0.465 e. The van der Waals surface area contributed by atoms with Crippen molar-refractivity contribution < 1.29 is 18.7 Å². The van der Waals surface area contributed by atoms with E-state index in [2.05, 4.69) is 5.32 Å². The second-order valence-corrected chi connectivity index (χ2v) is 6.85. The van der Waals surface area contributed by atoms with Crippen molar-refractivity contribution in [2.75, 3.05) is 19.0 Å². The number of methoxy groups -OCH3 is 1. The number of benzene rings is 1. The second kappa shape index (κ2) is 7.76. The lowest BCUT2D eigenvalue weighted by Gasteiger charge is -2.21. The molecule has 1 heterocycles. The zero-order valence-corrected chi connectivity index (χ0v) is 14.6. The zero-order valence-electron chi connectivity index (χ0n) is 13.8. The number of halogens is 1. The fourth-order valence-electron chi connectivity index (χ4n) is 2.63. The summed E-state index contributed by atoms with van der Waals surface area (Å²) in [6, 6.07) is 8.57. The number of hydrogen-bond acceptors (Lipinski definition) is 5. The number of esters is 1. The van der Waals surface area contributed by atoms with Crippen LogP contribution in [0.25, 0.3) is 0 Å². The number of anilines is 1. The lowest BCUT2D eigenvalue weighted by molar-refractivity contribution is -0.117. The number of amides is 1. The number of ether oxygens (including phenoxy) is 1. The molecule has 1 aliphatic carbocycles. The molecule has 0 radical (unpaired) electrons. The monoisotopic (exact) mass is 362 g/mol. The summed E-state index contributed by atoms with van der Waals surface area (Å²) in [5.74, 6) is -0.970. The highest BCUT2D eigenvalue weighted by Crippen LogP contribution is 2.29. The van der Waals surface area contributed by atoms with Crippen molar-refractivity contribution in [2.24, 2.45) is 0 Å². The Balaban J connectivity index is 1.65. The number of nitrogens with zero attached hydrogens (tertiary/aromatic N) is 1. The van der Waals surface area contributed by atoms with Crippen LogP contribution in [0.1, 0.15) is 28.1 Å².